The second-order valence-electron chi connectivity index (χ2n) is 6.05. The van der Waals surface area contributed by atoms with E-state index in [-0.39, 0.29) is 11.4 Å². The standard InChI is InChI=1S/C19H15F3N4O3S/c20-16-8-14(9-17(21)18(16)22)26-30(28,29)15-5-3-13(4-6-15)25-19(27)24-11-12-2-1-7-23-10-12/h1-10,26H,11H2,(H2,24,25,27). The number of halogens is 3. The molecule has 0 saturated heterocycles. The van der Waals surface area contributed by atoms with E-state index in [1.807, 2.05) is 4.72 Å². The van der Waals surface area contributed by atoms with E-state index in [9.17, 15) is 26.4 Å². The highest BCUT2D eigenvalue weighted by molar-refractivity contribution is 7.92. The first-order valence-electron chi connectivity index (χ1n) is 8.46. The Labute approximate surface area is 170 Å². The average Bonchev–Trinajstić information content (AvgIpc) is 2.71. The van der Waals surface area contributed by atoms with E-state index < -0.39 is 39.2 Å². The summed E-state index contributed by atoms with van der Waals surface area (Å²) in [5.74, 6) is -4.75. The lowest BCUT2D eigenvalue weighted by Crippen LogP contribution is -2.28. The average molecular weight is 436 g/mol. The lowest BCUT2D eigenvalue weighted by atomic mass is 10.3. The predicted octanol–water partition coefficient (Wildman–Crippen LogP) is 3.62. The summed E-state index contributed by atoms with van der Waals surface area (Å²) >= 11 is 0. The summed E-state index contributed by atoms with van der Waals surface area (Å²) < 4.78 is 66.2. The molecule has 0 bridgehead atoms. The molecule has 0 spiro atoms. The number of amides is 2. The van der Waals surface area contributed by atoms with Crippen LogP contribution in [-0.4, -0.2) is 19.4 Å². The van der Waals surface area contributed by atoms with E-state index in [2.05, 4.69) is 15.6 Å². The lowest BCUT2D eigenvalue weighted by Gasteiger charge is -2.10. The highest BCUT2D eigenvalue weighted by Gasteiger charge is 2.17. The van der Waals surface area contributed by atoms with Crippen molar-refractivity contribution in [3.05, 3.63) is 83.9 Å². The second kappa shape index (κ2) is 8.82. The van der Waals surface area contributed by atoms with Gasteiger partial charge in [-0.1, -0.05) is 6.07 Å². The molecule has 7 nitrogen and oxygen atoms in total. The van der Waals surface area contributed by atoms with Crippen molar-refractivity contribution in [2.45, 2.75) is 11.4 Å². The van der Waals surface area contributed by atoms with Crippen molar-refractivity contribution in [1.82, 2.24) is 10.3 Å². The Hall–Kier alpha value is -3.60. The van der Waals surface area contributed by atoms with Gasteiger partial charge in [-0.2, -0.15) is 0 Å². The minimum absolute atomic E-state index is 0.228. The number of urea groups is 1. The van der Waals surface area contributed by atoms with Crippen LogP contribution >= 0.6 is 0 Å². The van der Waals surface area contributed by atoms with Gasteiger partial charge in [0.15, 0.2) is 17.5 Å². The topological polar surface area (TPSA) is 100 Å². The van der Waals surface area contributed by atoms with E-state index >= 15 is 0 Å². The number of anilines is 2. The largest absolute Gasteiger partial charge is 0.334 e. The molecule has 156 valence electrons. The van der Waals surface area contributed by atoms with E-state index in [4.69, 9.17) is 0 Å². The third kappa shape index (κ3) is 5.26. The van der Waals surface area contributed by atoms with Crippen molar-refractivity contribution >= 4 is 27.4 Å². The first-order chi connectivity index (χ1) is 14.2. The van der Waals surface area contributed by atoms with Gasteiger partial charge in [-0.3, -0.25) is 9.71 Å². The van der Waals surface area contributed by atoms with Gasteiger partial charge in [0.1, 0.15) is 0 Å². The Morgan fingerprint density at radius 1 is 0.967 bits per heavy atom. The molecule has 0 aliphatic heterocycles. The number of rotatable bonds is 6. The molecule has 1 aromatic heterocycles. The number of hydrogen-bond acceptors (Lipinski definition) is 4. The van der Waals surface area contributed by atoms with Gasteiger partial charge in [-0.25, -0.2) is 26.4 Å². The normalized spacial score (nSPS) is 11.0. The van der Waals surface area contributed by atoms with Crippen LogP contribution in [0.15, 0.2) is 65.8 Å². The van der Waals surface area contributed by atoms with E-state index in [0.29, 0.717) is 17.8 Å². The number of sulfonamides is 1. The molecule has 0 aliphatic carbocycles. The van der Waals surface area contributed by atoms with Gasteiger partial charge in [-0.15, -0.1) is 0 Å². The fourth-order valence-electron chi connectivity index (χ4n) is 2.41. The minimum Gasteiger partial charge on any atom is -0.334 e. The van der Waals surface area contributed by atoms with Gasteiger partial charge in [-0.05, 0) is 35.9 Å². The summed E-state index contributed by atoms with van der Waals surface area (Å²) in [4.78, 5) is 15.6. The van der Waals surface area contributed by atoms with Crippen LogP contribution in [0.5, 0.6) is 0 Å². The van der Waals surface area contributed by atoms with Gasteiger partial charge in [0.05, 0.1) is 10.6 Å². The van der Waals surface area contributed by atoms with E-state index in [1.54, 1.807) is 24.5 Å². The maximum absolute atomic E-state index is 13.3. The summed E-state index contributed by atoms with van der Waals surface area (Å²) in [7, 11) is -4.19. The summed E-state index contributed by atoms with van der Waals surface area (Å²) in [6.45, 7) is 0.251. The Balaban J connectivity index is 1.63. The summed E-state index contributed by atoms with van der Waals surface area (Å²) in [6.07, 6.45) is 3.21. The van der Waals surface area contributed by atoms with Gasteiger partial charge >= 0.3 is 6.03 Å². The Kier molecular flexibility index (Phi) is 6.21. The quantitative estimate of drug-likeness (QED) is 0.514. The SMILES string of the molecule is O=C(NCc1cccnc1)Nc1ccc(S(=O)(=O)Nc2cc(F)c(F)c(F)c2)cc1. The van der Waals surface area contributed by atoms with E-state index in [1.165, 1.54) is 24.3 Å². The van der Waals surface area contributed by atoms with Crippen molar-refractivity contribution in [3.63, 3.8) is 0 Å². The Bertz CT molecular complexity index is 1130. The summed E-state index contributed by atoms with van der Waals surface area (Å²) in [6, 6.07) is 9.12. The fourth-order valence-corrected chi connectivity index (χ4v) is 3.45. The van der Waals surface area contributed by atoms with Crippen molar-refractivity contribution in [3.8, 4) is 0 Å². The number of benzene rings is 2. The van der Waals surface area contributed by atoms with Crippen LogP contribution in [0, 0.1) is 17.5 Å². The monoisotopic (exact) mass is 436 g/mol. The van der Waals surface area contributed by atoms with Crippen LogP contribution in [-0.2, 0) is 16.6 Å². The molecule has 30 heavy (non-hydrogen) atoms. The zero-order chi connectivity index (χ0) is 21.7. The molecular formula is C19H15F3N4O3S. The Morgan fingerprint density at radius 3 is 2.23 bits per heavy atom. The number of pyridine rings is 1. The molecule has 0 unspecified atom stereocenters. The Morgan fingerprint density at radius 2 is 1.63 bits per heavy atom. The van der Waals surface area contributed by atoms with Crippen LogP contribution < -0.4 is 15.4 Å². The van der Waals surface area contributed by atoms with Crippen molar-refractivity contribution < 1.29 is 26.4 Å². The van der Waals surface area contributed by atoms with Gasteiger partial charge in [0, 0.05) is 36.8 Å². The van der Waals surface area contributed by atoms with Gasteiger partial charge < -0.3 is 10.6 Å². The molecule has 0 aliphatic rings. The molecule has 2 amide bonds. The number of carbonyl (C=O) groups is 1. The van der Waals surface area contributed by atoms with Crippen molar-refractivity contribution in [2.24, 2.45) is 0 Å². The van der Waals surface area contributed by atoms with Crippen molar-refractivity contribution in [2.75, 3.05) is 10.0 Å². The summed E-state index contributed by atoms with van der Waals surface area (Å²) in [5, 5.41) is 5.15. The molecular weight excluding hydrogens is 421 g/mol. The predicted molar refractivity (Wildman–Crippen MR) is 104 cm³/mol. The molecule has 0 saturated carbocycles. The van der Waals surface area contributed by atoms with E-state index in [0.717, 1.165) is 5.56 Å². The second-order valence-corrected chi connectivity index (χ2v) is 7.74. The number of aromatic nitrogens is 1. The molecule has 3 N–H and O–H groups in total. The summed E-state index contributed by atoms with van der Waals surface area (Å²) in [5.41, 5.74) is 0.647. The van der Waals surface area contributed by atoms with Crippen molar-refractivity contribution in [1.29, 1.82) is 0 Å². The minimum atomic E-state index is -4.19. The third-order valence-electron chi connectivity index (χ3n) is 3.83. The first kappa shape index (κ1) is 21.1. The third-order valence-corrected chi connectivity index (χ3v) is 5.23. The van der Waals surface area contributed by atoms with Crippen LogP contribution in [0.1, 0.15) is 5.56 Å². The molecule has 3 rings (SSSR count). The zero-order valence-corrected chi connectivity index (χ0v) is 16.0. The zero-order valence-electron chi connectivity index (χ0n) is 15.2. The van der Waals surface area contributed by atoms with Crippen LogP contribution in [0.2, 0.25) is 0 Å². The highest BCUT2D eigenvalue weighted by Crippen LogP contribution is 2.21. The van der Waals surface area contributed by atoms with Crippen LogP contribution in [0.4, 0.5) is 29.3 Å². The molecule has 0 radical (unpaired) electrons. The smallest absolute Gasteiger partial charge is 0.319 e. The molecule has 0 fully saturated rings. The van der Waals surface area contributed by atoms with Gasteiger partial charge in [0.25, 0.3) is 10.0 Å². The lowest BCUT2D eigenvalue weighted by molar-refractivity contribution is 0.251. The molecule has 1 heterocycles. The number of nitrogens with one attached hydrogen (secondary N) is 3. The molecule has 0 atom stereocenters. The molecule has 2 aromatic carbocycles. The number of hydrogen-bond donors (Lipinski definition) is 3. The van der Waals surface area contributed by atoms with Crippen LogP contribution in [0.3, 0.4) is 0 Å². The maximum Gasteiger partial charge on any atom is 0.319 e. The fraction of sp³-hybridized carbons (Fsp3) is 0.0526. The van der Waals surface area contributed by atoms with Gasteiger partial charge in [0.2, 0.25) is 0 Å². The molecule has 3 aromatic rings. The number of nitrogens with zero attached hydrogens (tertiary/aromatic N) is 1. The highest BCUT2D eigenvalue weighted by atomic mass is 32.2. The van der Waals surface area contributed by atoms with Crippen LogP contribution in [0.25, 0.3) is 0 Å². The first-order valence-corrected chi connectivity index (χ1v) is 9.94. The maximum atomic E-state index is 13.3. The molecule has 11 heteroatoms. The number of carbonyl (C=O) groups excluding carboxylic acids is 1.